The van der Waals surface area contributed by atoms with Gasteiger partial charge in [0.2, 0.25) is 0 Å². The van der Waals surface area contributed by atoms with Crippen LogP contribution in [-0.2, 0) is 17.7 Å². The van der Waals surface area contributed by atoms with Crippen LogP contribution in [-0.4, -0.2) is 33.6 Å². The van der Waals surface area contributed by atoms with Crippen LogP contribution < -0.4 is 0 Å². The summed E-state index contributed by atoms with van der Waals surface area (Å²) in [6.07, 6.45) is 3.34. The first kappa shape index (κ1) is 21.6. The summed E-state index contributed by atoms with van der Waals surface area (Å²) in [5.74, 6) is 0. The molecule has 1 aliphatic rings. The number of aliphatic hydroxyl groups excluding tert-OH is 2. The summed E-state index contributed by atoms with van der Waals surface area (Å²) in [6, 6.07) is 17.2. The normalized spacial score (nSPS) is 21.6. The molecule has 1 fully saturated rings. The molecule has 0 bridgehead atoms. The van der Waals surface area contributed by atoms with Crippen molar-refractivity contribution in [2.45, 2.75) is 64.9 Å². The Balaban J connectivity index is 0.00000117. The molecule has 0 amide bonds. The number of aryl methyl sites for hydroxylation is 1. The molecular weight excluding hydrogens is 362 g/mol. The molecule has 0 aliphatic carbocycles. The van der Waals surface area contributed by atoms with Gasteiger partial charge < -0.3 is 19.5 Å². The quantitative estimate of drug-likeness (QED) is 0.649. The lowest BCUT2D eigenvalue weighted by Gasteiger charge is -2.32. The summed E-state index contributed by atoms with van der Waals surface area (Å²) in [5.41, 5.74) is 4.85. The molecule has 2 aromatic carbocycles. The zero-order valence-electron chi connectivity index (χ0n) is 17.7. The predicted molar refractivity (Wildman–Crippen MR) is 118 cm³/mol. The van der Waals surface area contributed by atoms with Gasteiger partial charge in [0, 0.05) is 31.1 Å². The van der Waals surface area contributed by atoms with Gasteiger partial charge in [-0.2, -0.15) is 0 Å². The van der Waals surface area contributed by atoms with Crippen LogP contribution in [0.25, 0.3) is 10.9 Å². The van der Waals surface area contributed by atoms with Gasteiger partial charge in [-0.15, -0.1) is 0 Å². The van der Waals surface area contributed by atoms with Crippen molar-refractivity contribution in [3.05, 3.63) is 71.4 Å². The molecule has 4 nitrogen and oxygen atoms in total. The first-order valence-corrected chi connectivity index (χ1v) is 10.8. The smallest absolute Gasteiger partial charge is 0.0855 e. The van der Waals surface area contributed by atoms with Gasteiger partial charge in [0.05, 0.1) is 24.9 Å². The number of benzene rings is 2. The average Bonchev–Trinajstić information content (AvgIpc) is 3.17. The number of hydrogen-bond acceptors (Lipinski definition) is 3. The van der Waals surface area contributed by atoms with E-state index in [9.17, 15) is 10.2 Å². The van der Waals surface area contributed by atoms with Crippen molar-refractivity contribution in [2.75, 3.05) is 6.61 Å². The van der Waals surface area contributed by atoms with E-state index in [2.05, 4.69) is 66.2 Å². The maximum atomic E-state index is 10.1. The Bertz CT molecular complexity index is 900. The fourth-order valence-electron chi connectivity index (χ4n) is 3.94. The van der Waals surface area contributed by atoms with Crippen LogP contribution >= 0.6 is 0 Å². The van der Waals surface area contributed by atoms with E-state index < -0.39 is 6.10 Å². The number of fused-ring (bicyclic) bond motifs is 1. The zero-order valence-corrected chi connectivity index (χ0v) is 17.7. The maximum absolute atomic E-state index is 10.1. The van der Waals surface area contributed by atoms with E-state index in [1.807, 2.05) is 13.8 Å². The fraction of sp³-hybridized carbons (Fsp3) is 0.440. The summed E-state index contributed by atoms with van der Waals surface area (Å²) >= 11 is 0. The van der Waals surface area contributed by atoms with Crippen LogP contribution in [0.15, 0.2) is 54.7 Å². The van der Waals surface area contributed by atoms with Crippen LogP contribution in [0.2, 0.25) is 0 Å². The number of rotatable bonds is 5. The molecule has 2 N–H and O–H groups in total. The van der Waals surface area contributed by atoms with Crippen molar-refractivity contribution >= 4 is 10.9 Å². The molecule has 2 heterocycles. The molecule has 4 heteroatoms. The SMILES string of the molecule is CC.CCc1ccc(Cn2ccc3ccc(C4CC(O)CC(CO)O4)cc32)cc1. The highest BCUT2D eigenvalue weighted by Crippen LogP contribution is 2.33. The molecule has 1 aliphatic heterocycles. The highest BCUT2D eigenvalue weighted by molar-refractivity contribution is 5.81. The van der Waals surface area contributed by atoms with E-state index in [0.29, 0.717) is 12.8 Å². The second kappa shape index (κ2) is 10.1. The molecule has 3 atom stereocenters. The van der Waals surface area contributed by atoms with E-state index in [1.165, 1.54) is 16.5 Å². The molecule has 4 rings (SSSR count). The minimum absolute atomic E-state index is 0.0556. The van der Waals surface area contributed by atoms with E-state index in [4.69, 9.17) is 4.74 Å². The minimum Gasteiger partial charge on any atom is -0.394 e. The van der Waals surface area contributed by atoms with Crippen LogP contribution in [0.1, 0.15) is 56.4 Å². The lowest BCUT2D eigenvalue weighted by atomic mass is 9.96. The summed E-state index contributed by atoms with van der Waals surface area (Å²) in [7, 11) is 0. The largest absolute Gasteiger partial charge is 0.394 e. The van der Waals surface area contributed by atoms with Gasteiger partial charge in [0.15, 0.2) is 0 Å². The molecule has 1 aromatic heterocycles. The van der Waals surface area contributed by atoms with E-state index in [1.54, 1.807) is 0 Å². The lowest BCUT2D eigenvalue weighted by molar-refractivity contribution is -0.113. The maximum Gasteiger partial charge on any atom is 0.0855 e. The summed E-state index contributed by atoms with van der Waals surface area (Å²) in [5, 5.41) is 20.7. The second-order valence-electron chi connectivity index (χ2n) is 7.49. The van der Waals surface area contributed by atoms with Gasteiger partial charge in [-0.1, -0.05) is 57.2 Å². The Kier molecular flexibility index (Phi) is 7.48. The van der Waals surface area contributed by atoms with Crippen molar-refractivity contribution in [2.24, 2.45) is 0 Å². The first-order chi connectivity index (χ1) is 14.2. The van der Waals surface area contributed by atoms with Gasteiger partial charge >= 0.3 is 0 Å². The predicted octanol–water partition coefficient (Wildman–Crippen LogP) is 4.85. The van der Waals surface area contributed by atoms with Gasteiger partial charge in [-0.3, -0.25) is 0 Å². The Morgan fingerprint density at radius 1 is 1.00 bits per heavy atom. The molecule has 3 aromatic rings. The minimum atomic E-state index is -0.430. The average molecular weight is 396 g/mol. The molecule has 0 radical (unpaired) electrons. The number of aromatic nitrogens is 1. The summed E-state index contributed by atoms with van der Waals surface area (Å²) in [4.78, 5) is 0. The highest BCUT2D eigenvalue weighted by atomic mass is 16.5. The summed E-state index contributed by atoms with van der Waals surface area (Å²) < 4.78 is 8.23. The Hall–Kier alpha value is -2.14. The molecule has 0 spiro atoms. The third-order valence-electron chi connectivity index (χ3n) is 5.54. The van der Waals surface area contributed by atoms with E-state index >= 15 is 0 Å². The van der Waals surface area contributed by atoms with E-state index in [-0.39, 0.29) is 18.8 Å². The van der Waals surface area contributed by atoms with Crippen LogP contribution in [0.4, 0.5) is 0 Å². The number of hydrogen-bond donors (Lipinski definition) is 2. The van der Waals surface area contributed by atoms with Gasteiger partial charge in [-0.25, -0.2) is 0 Å². The van der Waals surface area contributed by atoms with Crippen LogP contribution in [0.3, 0.4) is 0 Å². The molecule has 3 unspecified atom stereocenters. The third-order valence-corrected chi connectivity index (χ3v) is 5.54. The Morgan fingerprint density at radius 3 is 2.41 bits per heavy atom. The second-order valence-corrected chi connectivity index (χ2v) is 7.49. The van der Waals surface area contributed by atoms with Crippen molar-refractivity contribution in [3.63, 3.8) is 0 Å². The van der Waals surface area contributed by atoms with Gasteiger partial charge in [-0.05, 0) is 40.6 Å². The first-order valence-electron chi connectivity index (χ1n) is 10.8. The Labute approximate surface area is 173 Å². The van der Waals surface area contributed by atoms with Crippen LogP contribution in [0, 0.1) is 0 Å². The van der Waals surface area contributed by atoms with Crippen molar-refractivity contribution < 1.29 is 14.9 Å². The number of ether oxygens (including phenoxy) is 1. The lowest BCUT2D eigenvalue weighted by Crippen LogP contribution is -2.33. The Morgan fingerprint density at radius 2 is 1.72 bits per heavy atom. The molecule has 0 saturated carbocycles. The number of nitrogens with zero attached hydrogens (tertiary/aromatic N) is 1. The standard InChI is InChI=1S/C23H27NO3.C2H6/c1-2-16-3-5-17(6-4-16)14-24-10-9-18-7-8-19(11-22(18)24)23-13-20(26)12-21(15-25)27-23;1-2/h3-11,20-21,23,25-26H,2,12-15H2,1H3;1-2H3. The molecule has 156 valence electrons. The van der Waals surface area contributed by atoms with Crippen LogP contribution in [0.5, 0.6) is 0 Å². The van der Waals surface area contributed by atoms with Crippen molar-refractivity contribution in [1.29, 1.82) is 0 Å². The third kappa shape index (κ3) is 5.08. The zero-order chi connectivity index (χ0) is 20.8. The fourth-order valence-corrected chi connectivity index (χ4v) is 3.94. The van der Waals surface area contributed by atoms with Gasteiger partial charge in [0.1, 0.15) is 0 Å². The van der Waals surface area contributed by atoms with Crippen molar-refractivity contribution in [1.82, 2.24) is 4.57 Å². The van der Waals surface area contributed by atoms with Crippen molar-refractivity contribution in [3.8, 4) is 0 Å². The van der Waals surface area contributed by atoms with Gasteiger partial charge in [0.25, 0.3) is 0 Å². The monoisotopic (exact) mass is 395 g/mol. The molecule has 29 heavy (non-hydrogen) atoms. The molecular formula is C25H33NO3. The van der Waals surface area contributed by atoms with E-state index in [0.717, 1.165) is 24.0 Å². The summed E-state index contributed by atoms with van der Waals surface area (Å²) in [6.45, 7) is 6.94. The highest BCUT2D eigenvalue weighted by Gasteiger charge is 2.29. The molecule has 1 saturated heterocycles. The topological polar surface area (TPSA) is 54.6 Å². The number of aliphatic hydroxyl groups is 2.